The fourth-order valence-electron chi connectivity index (χ4n) is 3.80. The van der Waals surface area contributed by atoms with Crippen molar-refractivity contribution in [3.05, 3.63) is 42.4 Å². The summed E-state index contributed by atoms with van der Waals surface area (Å²) in [6, 6.07) is 10.2. The van der Waals surface area contributed by atoms with Gasteiger partial charge in [-0.15, -0.1) is 10.2 Å². The van der Waals surface area contributed by atoms with Gasteiger partial charge in [-0.05, 0) is 45.2 Å². The second-order valence-electron chi connectivity index (χ2n) is 7.30. The minimum absolute atomic E-state index is 0.118. The van der Waals surface area contributed by atoms with Crippen molar-refractivity contribution < 1.29 is 13.9 Å². The zero-order valence-corrected chi connectivity index (χ0v) is 17.4. The van der Waals surface area contributed by atoms with Crippen molar-refractivity contribution in [2.24, 2.45) is 0 Å². The largest absolute Gasteiger partial charge is 0.482 e. The Balaban J connectivity index is 1.33. The van der Waals surface area contributed by atoms with E-state index in [4.69, 9.17) is 9.15 Å². The number of carbonyl (C=O) groups excluding carboxylic acids is 1. The molecule has 2 atom stereocenters. The van der Waals surface area contributed by atoms with E-state index in [0.29, 0.717) is 22.6 Å². The van der Waals surface area contributed by atoms with Gasteiger partial charge in [0.25, 0.3) is 11.1 Å². The van der Waals surface area contributed by atoms with Crippen LogP contribution in [0.3, 0.4) is 0 Å². The second-order valence-corrected chi connectivity index (χ2v) is 8.23. The number of piperidine rings is 1. The molecular formula is C21H24N4O3S. The maximum Gasteiger partial charge on any atom is 0.277 e. The van der Waals surface area contributed by atoms with Crippen LogP contribution in [0.5, 0.6) is 5.75 Å². The Hall–Kier alpha value is -2.61. The quantitative estimate of drug-likeness (QED) is 0.564. The lowest BCUT2D eigenvalue weighted by atomic mass is 9.98. The highest BCUT2D eigenvalue weighted by molar-refractivity contribution is 7.99. The van der Waals surface area contributed by atoms with Gasteiger partial charge in [0.15, 0.2) is 6.61 Å². The number of para-hydroxylation sites is 1. The molecule has 4 rings (SSSR count). The molecule has 152 valence electrons. The van der Waals surface area contributed by atoms with Crippen molar-refractivity contribution in [1.82, 2.24) is 20.1 Å². The molecule has 0 radical (unpaired) electrons. The van der Waals surface area contributed by atoms with E-state index >= 15 is 0 Å². The van der Waals surface area contributed by atoms with Crippen LogP contribution in [0.4, 0.5) is 0 Å². The molecule has 3 heterocycles. The van der Waals surface area contributed by atoms with E-state index in [1.54, 1.807) is 6.20 Å². The van der Waals surface area contributed by atoms with Crippen LogP contribution in [0.15, 0.2) is 46.2 Å². The van der Waals surface area contributed by atoms with Crippen LogP contribution in [-0.2, 0) is 11.4 Å². The number of ether oxygens (including phenoxy) is 1. The van der Waals surface area contributed by atoms with Crippen molar-refractivity contribution in [2.45, 2.75) is 57.0 Å². The number of benzene rings is 1. The standard InChI is InChI=1S/C21H24N4O3S/c1-14-6-3-7-15(2)25(14)19(26)13-29-21-24-23-18(28-21)12-27-17-10-4-8-16-9-5-11-22-20(16)17/h4-5,8-11,14-15H,3,6-7,12-13H2,1-2H3/t14-,15-/m1/s1. The summed E-state index contributed by atoms with van der Waals surface area (Å²) in [5.41, 5.74) is 0.791. The highest BCUT2D eigenvalue weighted by Gasteiger charge is 2.29. The summed E-state index contributed by atoms with van der Waals surface area (Å²) in [6.07, 6.45) is 5.04. The highest BCUT2D eigenvalue weighted by atomic mass is 32.2. The third kappa shape index (κ3) is 4.53. The molecule has 1 saturated heterocycles. The first-order valence-corrected chi connectivity index (χ1v) is 10.8. The molecule has 1 aliphatic rings. The monoisotopic (exact) mass is 412 g/mol. The van der Waals surface area contributed by atoms with Crippen LogP contribution >= 0.6 is 11.8 Å². The Labute approximate surface area is 173 Å². The van der Waals surface area contributed by atoms with Gasteiger partial charge in [-0.25, -0.2) is 0 Å². The Morgan fingerprint density at radius 1 is 1.21 bits per heavy atom. The predicted molar refractivity (Wildman–Crippen MR) is 111 cm³/mol. The first kappa shape index (κ1) is 19.7. The van der Waals surface area contributed by atoms with Crippen LogP contribution < -0.4 is 4.74 Å². The molecular weight excluding hydrogens is 388 g/mol. The van der Waals surface area contributed by atoms with Gasteiger partial charge < -0.3 is 14.1 Å². The van der Waals surface area contributed by atoms with E-state index in [9.17, 15) is 4.79 Å². The number of hydrogen-bond donors (Lipinski definition) is 0. The number of thioether (sulfide) groups is 1. The highest BCUT2D eigenvalue weighted by Crippen LogP contribution is 2.26. The lowest BCUT2D eigenvalue weighted by Gasteiger charge is -2.39. The average Bonchev–Trinajstić information content (AvgIpc) is 3.18. The van der Waals surface area contributed by atoms with Crippen LogP contribution in [-0.4, -0.2) is 43.8 Å². The first-order chi connectivity index (χ1) is 14.1. The van der Waals surface area contributed by atoms with Gasteiger partial charge in [-0.1, -0.05) is 30.0 Å². The van der Waals surface area contributed by atoms with E-state index < -0.39 is 0 Å². The Kier molecular flexibility index (Phi) is 5.99. The van der Waals surface area contributed by atoms with Crippen LogP contribution in [0, 0.1) is 0 Å². The summed E-state index contributed by atoms with van der Waals surface area (Å²) >= 11 is 1.27. The topological polar surface area (TPSA) is 81.4 Å². The Morgan fingerprint density at radius 2 is 2.00 bits per heavy atom. The fourth-order valence-corrected chi connectivity index (χ4v) is 4.45. The summed E-state index contributed by atoms with van der Waals surface area (Å²) in [4.78, 5) is 19.0. The third-order valence-corrected chi connectivity index (χ3v) is 6.00. The molecule has 1 amide bonds. The van der Waals surface area contributed by atoms with Gasteiger partial charge in [0.1, 0.15) is 11.3 Å². The zero-order valence-electron chi connectivity index (χ0n) is 16.6. The molecule has 1 fully saturated rings. The van der Waals surface area contributed by atoms with Crippen molar-refractivity contribution in [1.29, 1.82) is 0 Å². The molecule has 0 N–H and O–H groups in total. The molecule has 3 aromatic rings. The minimum atomic E-state index is 0.118. The fraction of sp³-hybridized carbons (Fsp3) is 0.429. The van der Waals surface area contributed by atoms with Crippen molar-refractivity contribution in [2.75, 3.05) is 5.75 Å². The van der Waals surface area contributed by atoms with Crippen LogP contribution in [0.1, 0.15) is 39.0 Å². The number of amides is 1. The van der Waals surface area contributed by atoms with E-state index in [2.05, 4.69) is 29.0 Å². The molecule has 0 spiro atoms. The van der Waals surface area contributed by atoms with Gasteiger partial charge in [-0.3, -0.25) is 9.78 Å². The minimum Gasteiger partial charge on any atom is -0.482 e. The molecule has 1 aromatic carbocycles. The summed E-state index contributed by atoms with van der Waals surface area (Å²) < 4.78 is 11.5. The van der Waals surface area contributed by atoms with Gasteiger partial charge in [-0.2, -0.15) is 0 Å². The van der Waals surface area contributed by atoms with Crippen molar-refractivity contribution >= 4 is 28.6 Å². The third-order valence-electron chi connectivity index (χ3n) is 5.20. The number of rotatable bonds is 6. The summed E-state index contributed by atoms with van der Waals surface area (Å²) in [5, 5.41) is 9.44. The molecule has 0 unspecified atom stereocenters. The number of aromatic nitrogens is 3. The molecule has 0 bridgehead atoms. The predicted octanol–water partition coefficient (Wildman–Crippen LogP) is 4.08. The zero-order chi connectivity index (χ0) is 20.2. The van der Waals surface area contributed by atoms with Gasteiger partial charge >= 0.3 is 0 Å². The summed E-state index contributed by atoms with van der Waals surface area (Å²) in [5.74, 6) is 1.45. The lowest BCUT2D eigenvalue weighted by Crippen LogP contribution is -2.48. The molecule has 0 aliphatic carbocycles. The molecule has 1 aliphatic heterocycles. The molecule has 0 saturated carbocycles. The van der Waals surface area contributed by atoms with Crippen LogP contribution in [0.2, 0.25) is 0 Å². The number of likely N-dealkylation sites (tertiary alicyclic amines) is 1. The lowest BCUT2D eigenvalue weighted by molar-refractivity contribution is -0.134. The van der Waals surface area contributed by atoms with E-state index in [0.717, 1.165) is 23.7 Å². The maximum absolute atomic E-state index is 12.6. The van der Waals surface area contributed by atoms with Crippen LogP contribution in [0.25, 0.3) is 10.9 Å². The van der Waals surface area contributed by atoms with Crippen molar-refractivity contribution in [3.63, 3.8) is 0 Å². The first-order valence-electron chi connectivity index (χ1n) is 9.84. The van der Waals surface area contributed by atoms with Gasteiger partial charge in [0.2, 0.25) is 5.91 Å². The van der Waals surface area contributed by atoms with Gasteiger partial charge in [0, 0.05) is 23.7 Å². The molecule has 29 heavy (non-hydrogen) atoms. The smallest absolute Gasteiger partial charge is 0.277 e. The SMILES string of the molecule is C[C@@H]1CCC[C@@H](C)N1C(=O)CSc1nnc(COc2cccc3cccnc23)o1. The summed E-state index contributed by atoms with van der Waals surface area (Å²) in [7, 11) is 0. The number of hydrogen-bond acceptors (Lipinski definition) is 7. The van der Waals surface area contributed by atoms with E-state index in [-0.39, 0.29) is 24.6 Å². The number of fused-ring (bicyclic) bond motifs is 1. The normalized spacial score (nSPS) is 19.4. The van der Waals surface area contributed by atoms with E-state index in [1.807, 2.05) is 35.2 Å². The van der Waals surface area contributed by atoms with Crippen molar-refractivity contribution in [3.8, 4) is 5.75 Å². The molecule has 7 nitrogen and oxygen atoms in total. The summed E-state index contributed by atoms with van der Waals surface area (Å²) in [6.45, 7) is 4.38. The Morgan fingerprint density at radius 3 is 2.83 bits per heavy atom. The second kappa shape index (κ2) is 8.82. The maximum atomic E-state index is 12.6. The van der Waals surface area contributed by atoms with Gasteiger partial charge in [0.05, 0.1) is 5.75 Å². The number of nitrogens with zero attached hydrogens (tertiary/aromatic N) is 4. The number of carbonyl (C=O) groups is 1. The number of pyridine rings is 1. The Bertz CT molecular complexity index is 977. The molecule has 2 aromatic heterocycles. The average molecular weight is 413 g/mol. The van der Waals surface area contributed by atoms with E-state index in [1.165, 1.54) is 18.2 Å². The molecule has 8 heteroatoms.